The van der Waals surface area contributed by atoms with E-state index >= 15 is 0 Å². The fraction of sp³-hybridized carbons (Fsp3) is 0.273. The molecule has 0 aliphatic carbocycles. The Hall–Kier alpha value is -0.580. The average molecular weight is 475 g/mol. The molecule has 1 N–H and O–H groups in total. The number of amides is 1. The summed E-state index contributed by atoms with van der Waals surface area (Å²) < 4.78 is 5.92. The monoisotopic (exact) mass is 475 g/mol. The van der Waals surface area contributed by atoms with Crippen molar-refractivity contribution >= 4 is 57.1 Å². The van der Waals surface area contributed by atoms with Crippen molar-refractivity contribution in [3.8, 4) is 5.75 Å². The zero-order valence-corrected chi connectivity index (χ0v) is 14.1. The molecule has 1 amide bonds. The summed E-state index contributed by atoms with van der Waals surface area (Å²) in [5.41, 5.74) is 0.178. The minimum Gasteiger partial charge on any atom is -0.506 e. The fourth-order valence-corrected chi connectivity index (χ4v) is 3.11. The Morgan fingerprint density at radius 2 is 2.00 bits per heavy atom. The lowest BCUT2D eigenvalue weighted by atomic mass is 10.2. The molecule has 0 aliphatic heterocycles. The quantitative estimate of drug-likeness (QED) is 0.536. The molecule has 0 radical (unpaired) electrons. The summed E-state index contributed by atoms with van der Waals surface area (Å²) in [4.78, 5) is 24.4. The zero-order valence-electron chi connectivity index (χ0n) is 9.74. The minimum absolute atomic E-state index is 0.0715. The second-order valence-electron chi connectivity index (χ2n) is 3.52. The van der Waals surface area contributed by atoms with Crippen molar-refractivity contribution in [2.24, 2.45) is 0 Å². The van der Waals surface area contributed by atoms with Crippen LogP contribution in [-0.2, 0) is 9.53 Å². The predicted octanol–water partition coefficient (Wildman–Crippen LogP) is 1.85. The second kappa shape index (κ2) is 6.55. The molecule has 98 valence electrons. The molecule has 0 heterocycles. The van der Waals surface area contributed by atoms with Crippen LogP contribution in [0.3, 0.4) is 0 Å². The third-order valence-corrected chi connectivity index (χ3v) is 3.64. The van der Waals surface area contributed by atoms with Gasteiger partial charge in [-0.15, -0.1) is 0 Å². The minimum atomic E-state index is -0.509. The highest BCUT2D eigenvalue weighted by molar-refractivity contribution is 14.1. The van der Waals surface area contributed by atoms with E-state index in [1.54, 1.807) is 12.1 Å². The number of ether oxygens (including phenoxy) is 1. The van der Waals surface area contributed by atoms with E-state index in [0.717, 1.165) is 3.57 Å². The molecule has 0 spiro atoms. The van der Waals surface area contributed by atoms with Crippen LogP contribution in [0.15, 0.2) is 12.1 Å². The van der Waals surface area contributed by atoms with E-state index in [9.17, 15) is 14.7 Å². The van der Waals surface area contributed by atoms with Gasteiger partial charge in [-0.3, -0.25) is 9.59 Å². The van der Waals surface area contributed by atoms with Gasteiger partial charge in [0.15, 0.2) is 0 Å². The highest BCUT2D eigenvalue weighted by atomic mass is 127. The summed E-state index contributed by atoms with van der Waals surface area (Å²) >= 11 is 4.01. The van der Waals surface area contributed by atoms with Crippen molar-refractivity contribution < 1.29 is 19.4 Å². The lowest BCUT2D eigenvalue weighted by Gasteiger charge is -2.17. The number of esters is 1. The van der Waals surface area contributed by atoms with Crippen LogP contribution in [0, 0.1) is 7.14 Å². The van der Waals surface area contributed by atoms with E-state index in [1.165, 1.54) is 19.1 Å². The molecular formula is C11H11I2NO4. The van der Waals surface area contributed by atoms with Crippen LogP contribution in [0.2, 0.25) is 0 Å². The number of phenols is 1. The van der Waals surface area contributed by atoms with Crippen LogP contribution in [0.5, 0.6) is 5.75 Å². The first-order chi connectivity index (χ1) is 8.36. The van der Waals surface area contributed by atoms with Crippen LogP contribution < -0.4 is 0 Å². The van der Waals surface area contributed by atoms with E-state index in [2.05, 4.69) is 27.3 Å². The first kappa shape index (κ1) is 15.5. The van der Waals surface area contributed by atoms with Gasteiger partial charge in [-0.25, -0.2) is 0 Å². The first-order valence-electron chi connectivity index (χ1n) is 4.87. The number of likely N-dealkylation sites (N-methyl/N-ethyl adjacent to an activating group) is 1. The summed E-state index contributed by atoms with van der Waals surface area (Å²) in [6.07, 6.45) is 0. The van der Waals surface area contributed by atoms with Crippen molar-refractivity contribution in [1.29, 1.82) is 0 Å². The lowest BCUT2D eigenvalue weighted by molar-refractivity contribution is -0.141. The third-order valence-electron chi connectivity index (χ3n) is 2.20. The second-order valence-corrected chi connectivity index (χ2v) is 5.93. The van der Waals surface area contributed by atoms with Gasteiger partial charge in [-0.1, -0.05) is 0 Å². The molecule has 0 bridgehead atoms. The number of hydrogen-bond donors (Lipinski definition) is 1. The average Bonchev–Trinajstić information content (AvgIpc) is 2.32. The van der Waals surface area contributed by atoms with Gasteiger partial charge in [-0.2, -0.15) is 0 Å². The predicted molar refractivity (Wildman–Crippen MR) is 82.5 cm³/mol. The molecule has 0 unspecified atom stereocenters. The maximum absolute atomic E-state index is 12.1. The summed E-state index contributed by atoms with van der Waals surface area (Å²) in [6.45, 7) is -0.156. The highest BCUT2D eigenvalue weighted by Crippen LogP contribution is 2.27. The first-order valence-corrected chi connectivity index (χ1v) is 7.02. The third kappa shape index (κ3) is 3.70. The number of hydrogen-bond acceptors (Lipinski definition) is 4. The van der Waals surface area contributed by atoms with Crippen LogP contribution in [0.25, 0.3) is 0 Å². The van der Waals surface area contributed by atoms with Crippen molar-refractivity contribution in [1.82, 2.24) is 4.90 Å². The van der Waals surface area contributed by atoms with Crippen LogP contribution in [-0.4, -0.2) is 42.6 Å². The molecular weight excluding hydrogens is 464 g/mol. The molecule has 0 saturated heterocycles. The van der Waals surface area contributed by atoms with E-state index < -0.39 is 11.9 Å². The molecule has 1 rings (SSSR count). The van der Waals surface area contributed by atoms with E-state index in [4.69, 9.17) is 0 Å². The Labute approximate surface area is 132 Å². The van der Waals surface area contributed by atoms with Crippen molar-refractivity contribution in [2.75, 3.05) is 20.7 Å². The molecule has 0 saturated carbocycles. The fourth-order valence-electron chi connectivity index (χ4n) is 1.26. The highest BCUT2D eigenvalue weighted by Gasteiger charge is 2.20. The maximum atomic E-state index is 12.1. The molecule has 0 atom stereocenters. The normalized spacial score (nSPS) is 10.0. The van der Waals surface area contributed by atoms with Gasteiger partial charge >= 0.3 is 5.97 Å². The number of nitrogens with zero attached hydrogens (tertiary/aromatic N) is 1. The SMILES string of the molecule is COC(=O)CN(C)C(=O)c1cc(I)cc(I)c1O. The van der Waals surface area contributed by atoms with Crippen molar-refractivity contribution in [3.05, 3.63) is 24.8 Å². The molecule has 5 nitrogen and oxygen atoms in total. The van der Waals surface area contributed by atoms with Crippen LogP contribution in [0.1, 0.15) is 10.4 Å². The number of aromatic hydroxyl groups is 1. The number of halogens is 2. The molecule has 0 aromatic heterocycles. The number of carbonyl (C=O) groups is 2. The lowest BCUT2D eigenvalue weighted by Crippen LogP contribution is -2.32. The van der Waals surface area contributed by atoms with Crippen LogP contribution >= 0.6 is 45.2 Å². The summed E-state index contributed by atoms with van der Waals surface area (Å²) in [6, 6.07) is 3.34. The van der Waals surface area contributed by atoms with Gasteiger partial charge in [0.25, 0.3) is 5.91 Å². The smallest absolute Gasteiger partial charge is 0.325 e. The Kier molecular flexibility index (Phi) is 5.63. The number of rotatable bonds is 3. The maximum Gasteiger partial charge on any atom is 0.325 e. The van der Waals surface area contributed by atoms with E-state index in [-0.39, 0.29) is 17.9 Å². The Balaban J connectivity index is 3.00. The summed E-state index contributed by atoms with van der Waals surface area (Å²) in [5.74, 6) is -1.00. The van der Waals surface area contributed by atoms with Crippen molar-refractivity contribution in [2.45, 2.75) is 0 Å². The standard InChI is InChI=1S/C11H11I2NO4/c1-14(5-9(15)18-2)11(17)7-3-6(12)4-8(13)10(7)16/h3-4,16H,5H2,1-2H3. The molecule has 1 aromatic rings. The summed E-state index contributed by atoms with van der Waals surface area (Å²) in [7, 11) is 2.73. The van der Waals surface area contributed by atoms with Gasteiger partial charge < -0.3 is 14.7 Å². The van der Waals surface area contributed by atoms with E-state index in [0.29, 0.717) is 3.57 Å². The van der Waals surface area contributed by atoms with Crippen LogP contribution in [0.4, 0.5) is 0 Å². The van der Waals surface area contributed by atoms with Gasteiger partial charge in [0.05, 0.1) is 16.2 Å². The molecule has 1 aromatic carbocycles. The Morgan fingerprint density at radius 3 is 2.56 bits per heavy atom. The largest absolute Gasteiger partial charge is 0.506 e. The van der Waals surface area contributed by atoms with Crippen molar-refractivity contribution in [3.63, 3.8) is 0 Å². The summed E-state index contributed by atoms with van der Waals surface area (Å²) in [5, 5.41) is 9.86. The van der Waals surface area contributed by atoms with Gasteiger partial charge in [-0.05, 0) is 57.3 Å². The van der Waals surface area contributed by atoms with Gasteiger partial charge in [0.2, 0.25) is 0 Å². The van der Waals surface area contributed by atoms with Gasteiger partial charge in [0.1, 0.15) is 12.3 Å². The zero-order chi connectivity index (χ0) is 13.9. The number of carbonyl (C=O) groups excluding carboxylic acids is 2. The van der Waals surface area contributed by atoms with Gasteiger partial charge in [0, 0.05) is 10.6 Å². The Morgan fingerprint density at radius 1 is 1.39 bits per heavy atom. The topological polar surface area (TPSA) is 66.8 Å². The molecule has 0 aliphatic rings. The molecule has 0 fully saturated rings. The number of phenolic OH excluding ortho intramolecular Hbond substituents is 1. The Bertz CT molecular complexity index is 490. The number of benzene rings is 1. The molecule has 18 heavy (non-hydrogen) atoms. The molecule has 7 heteroatoms. The van der Waals surface area contributed by atoms with E-state index in [1.807, 2.05) is 22.6 Å². The number of methoxy groups -OCH3 is 1.